The first-order valence-electron chi connectivity index (χ1n) is 10.8. The molecule has 1 aliphatic heterocycles. The van der Waals surface area contributed by atoms with Crippen LogP contribution in [0.1, 0.15) is 35.7 Å². The molecule has 0 spiro atoms. The molecular weight excluding hydrogens is 442 g/mol. The van der Waals surface area contributed by atoms with Crippen molar-refractivity contribution in [3.05, 3.63) is 76.6 Å². The van der Waals surface area contributed by atoms with Crippen molar-refractivity contribution in [1.82, 2.24) is 25.2 Å². The third-order valence-corrected chi connectivity index (χ3v) is 6.05. The number of likely N-dealkylation sites (tertiary alicyclic amines) is 1. The second-order valence-corrected chi connectivity index (χ2v) is 8.40. The Morgan fingerprint density at radius 3 is 2.82 bits per heavy atom. The van der Waals surface area contributed by atoms with E-state index in [0.717, 1.165) is 29.5 Å². The second-order valence-electron chi connectivity index (χ2n) is 7.97. The van der Waals surface area contributed by atoms with E-state index in [0.29, 0.717) is 36.8 Å². The number of nitrogens with zero attached hydrogens (tertiary/aromatic N) is 4. The van der Waals surface area contributed by atoms with Crippen LogP contribution in [-0.2, 0) is 27.5 Å². The fraction of sp³-hybridized carbons (Fsp3) is 0.333. The minimum Gasteiger partial charge on any atom is -0.378 e. The van der Waals surface area contributed by atoms with Crippen molar-refractivity contribution in [2.75, 3.05) is 13.7 Å². The summed E-state index contributed by atoms with van der Waals surface area (Å²) in [5.74, 6) is -0.0880. The number of methoxy groups -OCH3 is 1. The SMILES string of the molecule is COCc1cn(-c2ccccc2C(C=O)N2CCC[C@H]2C(=O)NCc2ccc(Cl)cc2)nn1. The number of ether oxygens (including phenoxy) is 1. The van der Waals surface area contributed by atoms with Gasteiger partial charge in [0.25, 0.3) is 0 Å². The van der Waals surface area contributed by atoms with E-state index in [-0.39, 0.29) is 11.9 Å². The molecule has 3 aromatic rings. The van der Waals surface area contributed by atoms with E-state index in [1.54, 1.807) is 30.1 Å². The van der Waals surface area contributed by atoms with Crippen LogP contribution in [0.4, 0.5) is 0 Å². The Hall–Kier alpha value is -3.07. The monoisotopic (exact) mass is 467 g/mol. The van der Waals surface area contributed by atoms with Crippen LogP contribution in [-0.4, -0.2) is 51.8 Å². The highest BCUT2D eigenvalue weighted by Crippen LogP contribution is 2.31. The maximum absolute atomic E-state index is 13.0. The normalized spacial score (nSPS) is 17.1. The van der Waals surface area contributed by atoms with Crippen LogP contribution < -0.4 is 5.32 Å². The molecule has 1 fully saturated rings. The highest BCUT2D eigenvalue weighted by molar-refractivity contribution is 6.30. The molecule has 1 N–H and O–H groups in total. The lowest BCUT2D eigenvalue weighted by molar-refractivity contribution is -0.127. The van der Waals surface area contributed by atoms with Gasteiger partial charge in [-0.25, -0.2) is 4.68 Å². The van der Waals surface area contributed by atoms with E-state index < -0.39 is 6.04 Å². The zero-order chi connectivity index (χ0) is 23.2. The lowest BCUT2D eigenvalue weighted by atomic mass is 10.0. The van der Waals surface area contributed by atoms with Crippen molar-refractivity contribution in [3.8, 4) is 5.69 Å². The molecular formula is C24H26ClN5O3. The zero-order valence-electron chi connectivity index (χ0n) is 18.4. The van der Waals surface area contributed by atoms with Gasteiger partial charge in [-0.05, 0) is 36.6 Å². The molecule has 2 heterocycles. The van der Waals surface area contributed by atoms with E-state index >= 15 is 0 Å². The third kappa shape index (κ3) is 5.30. The van der Waals surface area contributed by atoms with Crippen LogP contribution in [0.2, 0.25) is 5.02 Å². The fourth-order valence-electron chi connectivity index (χ4n) is 4.22. The van der Waals surface area contributed by atoms with Crippen molar-refractivity contribution >= 4 is 23.8 Å². The van der Waals surface area contributed by atoms with Crippen LogP contribution in [0.15, 0.2) is 54.7 Å². The summed E-state index contributed by atoms with van der Waals surface area (Å²) in [6, 6.07) is 14.0. The number of aldehydes is 1. The maximum Gasteiger partial charge on any atom is 0.237 e. The van der Waals surface area contributed by atoms with Gasteiger partial charge in [0, 0.05) is 30.8 Å². The molecule has 0 radical (unpaired) electrons. The van der Waals surface area contributed by atoms with Crippen molar-refractivity contribution in [2.24, 2.45) is 0 Å². The van der Waals surface area contributed by atoms with Gasteiger partial charge in [-0.15, -0.1) is 5.10 Å². The van der Waals surface area contributed by atoms with Crippen molar-refractivity contribution in [3.63, 3.8) is 0 Å². The van der Waals surface area contributed by atoms with Gasteiger partial charge in [-0.1, -0.05) is 47.1 Å². The Kier molecular flexibility index (Phi) is 7.49. The first kappa shape index (κ1) is 23.1. The Labute approximate surface area is 197 Å². The Bertz CT molecular complexity index is 1100. The zero-order valence-corrected chi connectivity index (χ0v) is 19.1. The van der Waals surface area contributed by atoms with E-state index in [1.807, 2.05) is 41.3 Å². The molecule has 33 heavy (non-hydrogen) atoms. The van der Waals surface area contributed by atoms with Crippen LogP contribution in [0, 0.1) is 0 Å². The predicted octanol–water partition coefficient (Wildman–Crippen LogP) is 3.09. The minimum absolute atomic E-state index is 0.0880. The number of carbonyl (C=O) groups is 2. The molecule has 0 bridgehead atoms. The minimum atomic E-state index is -0.579. The summed E-state index contributed by atoms with van der Waals surface area (Å²) in [4.78, 5) is 27.3. The summed E-state index contributed by atoms with van der Waals surface area (Å²) in [6.45, 7) is 1.41. The molecule has 9 heteroatoms. The number of para-hydroxylation sites is 1. The molecule has 0 saturated carbocycles. The Morgan fingerprint density at radius 2 is 2.06 bits per heavy atom. The predicted molar refractivity (Wildman–Crippen MR) is 124 cm³/mol. The number of amides is 1. The van der Waals surface area contributed by atoms with E-state index in [4.69, 9.17) is 16.3 Å². The Morgan fingerprint density at radius 1 is 1.27 bits per heavy atom. The van der Waals surface area contributed by atoms with Crippen LogP contribution in [0.25, 0.3) is 5.69 Å². The molecule has 2 aromatic carbocycles. The van der Waals surface area contributed by atoms with Crippen LogP contribution >= 0.6 is 11.6 Å². The molecule has 8 nitrogen and oxygen atoms in total. The average molecular weight is 468 g/mol. The third-order valence-electron chi connectivity index (χ3n) is 5.80. The summed E-state index contributed by atoms with van der Waals surface area (Å²) in [6.07, 6.45) is 4.22. The van der Waals surface area contributed by atoms with Crippen molar-refractivity contribution in [1.29, 1.82) is 0 Å². The number of aromatic nitrogens is 3. The molecule has 1 unspecified atom stereocenters. The number of rotatable bonds is 9. The fourth-order valence-corrected chi connectivity index (χ4v) is 4.35. The lowest BCUT2D eigenvalue weighted by Crippen LogP contribution is -2.45. The summed E-state index contributed by atoms with van der Waals surface area (Å²) < 4.78 is 6.77. The van der Waals surface area contributed by atoms with Gasteiger partial charge >= 0.3 is 0 Å². The van der Waals surface area contributed by atoms with Crippen LogP contribution in [0.3, 0.4) is 0 Å². The van der Waals surface area contributed by atoms with Gasteiger partial charge in [0.2, 0.25) is 5.91 Å². The van der Waals surface area contributed by atoms with Gasteiger partial charge in [0.1, 0.15) is 12.0 Å². The maximum atomic E-state index is 13.0. The van der Waals surface area contributed by atoms with Gasteiger partial charge in [-0.2, -0.15) is 0 Å². The first-order valence-corrected chi connectivity index (χ1v) is 11.2. The van der Waals surface area contributed by atoms with Gasteiger partial charge < -0.3 is 14.8 Å². The lowest BCUT2D eigenvalue weighted by Gasteiger charge is -2.30. The number of halogens is 1. The summed E-state index contributed by atoms with van der Waals surface area (Å²) in [5.41, 5.74) is 3.18. The molecule has 2 atom stereocenters. The second kappa shape index (κ2) is 10.7. The largest absolute Gasteiger partial charge is 0.378 e. The summed E-state index contributed by atoms with van der Waals surface area (Å²) in [7, 11) is 1.60. The molecule has 0 aliphatic carbocycles. The van der Waals surface area contributed by atoms with Gasteiger partial charge in [-0.3, -0.25) is 9.69 Å². The topological polar surface area (TPSA) is 89.4 Å². The molecule has 1 amide bonds. The molecule has 4 rings (SSSR count). The molecule has 1 aromatic heterocycles. The Balaban J connectivity index is 1.53. The number of hydrogen-bond acceptors (Lipinski definition) is 6. The first-order chi connectivity index (χ1) is 16.1. The number of carbonyl (C=O) groups excluding carboxylic acids is 2. The molecule has 172 valence electrons. The number of nitrogens with one attached hydrogen (secondary N) is 1. The van der Waals surface area contributed by atoms with Gasteiger partial charge in [0.05, 0.1) is 30.6 Å². The van der Waals surface area contributed by atoms with E-state index in [2.05, 4.69) is 15.6 Å². The standard InChI is InChI=1S/C24H26ClN5O3/c1-33-16-19-14-30(28-27-19)21-6-3-2-5-20(21)23(15-31)29-12-4-7-22(29)24(32)26-13-17-8-10-18(25)11-9-17/h2-3,5-6,8-11,14-15,22-23H,4,7,12-13,16H2,1H3,(H,26,32)/t22-,23?/m0/s1. The van der Waals surface area contributed by atoms with E-state index in [1.165, 1.54) is 0 Å². The molecule has 1 saturated heterocycles. The van der Waals surface area contributed by atoms with Crippen molar-refractivity contribution < 1.29 is 14.3 Å². The van der Waals surface area contributed by atoms with Gasteiger partial charge in [0.15, 0.2) is 0 Å². The van der Waals surface area contributed by atoms with E-state index in [9.17, 15) is 9.59 Å². The number of benzene rings is 2. The highest BCUT2D eigenvalue weighted by Gasteiger charge is 2.37. The summed E-state index contributed by atoms with van der Waals surface area (Å²) >= 11 is 5.94. The number of hydrogen-bond donors (Lipinski definition) is 1. The molecule has 1 aliphatic rings. The smallest absolute Gasteiger partial charge is 0.237 e. The summed E-state index contributed by atoms with van der Waals surface area (Å²) in [5, 5.41) is 12.0. The average Bonchev–Trinajstić information content (AvgIpc) is 3.50. The van der Waals surface area contributed by atoms with Crippen molar-refractivity contribution in [2.45, 2.75) is 38.1 Å². The van der Waals surface area contributed by atoms with Crippen LogP contribution in [0.5, 0.6) is 0 Å². The highest BCUT2D eigenvalue weighted by atomic mass is 35.5. The quantitative estimate of drug-likeness (QED) is 0.486.